The summed E-state index contributed by atoms with van der Waals surface area (Å²) in [5.74, 6) is -15.9. The van der Waals surface area contributed by atoms with Crippen molar-refractivity contribution in [3.8, 4) is 0 Å². The summed E-state index contributed by atoms with van der Waals surface area (Å²) in [4.78, 5) is 198. The minimum absolute atomic E-state index is 0.604. The zero-order valence-corrected chi connectivity index (χ0v) is 62.5. The SMILES string of the molecule is CC(=O)NC1C(O[C@@H]2OC(COC(C)=O)[C@H](OC(C)=O)C(OC(C)=O)C2O[C@@H]2OC(C)[C@@H](C)C(OC(C)=O)C2OC(C)=O)[C@H](O[C@@H]2OC(C)[C@@H](OC(C)=O)C(OC(C)=O)C2OC(C)=O)C(COC(C)=O)O[C@H]1OC1C(OC(C)=O)[C@H](O[C@H]2C(OC(C)=O)C=COC2COC(C)=O)OC(COC(C)=O)[C@@H]1OC(C)=O. The van der Waals surface area contributed by atoms with E-state index in [1.54, 1.807) is 6.92 Å². The Morgan fingerprint density at radius 2 is 0.583 bits per heavy atom. The van der Waals surface area contributed by atoms with E-state index in [1.165, 1.54) is 19.9 Å². The fourth-order valence-corrected chi connectivity index (χ4v) is 12.5. The van der Waals surface area contributed by atoms with Gasteiger partial charge in [-0.05, 0) is 19.9 Å². The van der Waals surface area contributed by atoms with Crippen LogP contribution in [0.15, 0.2) is 12.3 Å². The molecule has 0 radical (unpaired) electrons. The lowest BCUT2D eigenvalue weighted by Crippen LogP contribution is -2.72. The van der Waals surface area contributed by atoms with Crippen molar-refractivity contribution in [2.75, 3.05) is 26.4 Å². The van der Waals surface area contributed by atoms with Crippen molar-refractivity contribution >= 4 is 89.5 Å². The number of amides is 1. The maximum Gasteiger partial charge on any atom is 0.303 e. The number of carbonyl (C=O) groups excluding carboxylic acids is 15. The third kappa shape index (κ3) is 25.1. The van der Waals surface area contributed by atoms with Crippen LogP contribution in [-0.4, -0.2) is 282 Å². The molecule has 1 amide bonds. The third-order valence-corrected chi connectivity index (χ3v) is 16.6. The molecule has 28 atom stereocenters. The second-order valence-electron chi connectivity index (χ2n) is 25.6. The first kappa shape index (κ1) is 88.1. The molecular weight excluding hydrogens is 1460 g/mol. The minimum atomic E-state index is -2.38. The van der Waals surface area contributed by atoms with Gasteiger partial charge in [-0.1, -0.05) is 6.92 Å². The monoisotopic (exact) mass is 1550 g/mol. The van der Waals surface area contributed by atoms with Crippen molar-refractivity contribution in [3.05, 3.63) is 12.3 Å². The molecule has 0 aromatic heterocycles. The third-order valence-electron chi connectivity index (χ3n) is 16.6. The quantitative estimate of drug-likeness (QED) is 0.0707. The molecule has 6 rings (SSSR count). The predicted molar refractivity (Wildman–Crippen MR) is 342 cm³/mol. The number of carbonyl (C=O) groups is 15. The Bertz CT molecular complexity index is 3270. The van der Waals surface area contributed by atoms with E-state index in [0.29, 0.717) is 0 Å². The highest BCUT2D eigenvalue weighted by Crippen LogP contribution is 2.42. The van der Waals surface area contributed by atoms with Crippen molar-refractivity contribution in [1.82, 2.24) is 5.32 Å². The van der Waals surface area contributed by atoms with Gasteiger partial charge in [0.1, 0.15) is 81.3 Å². The van der Waals surface area contributed by atoms with Gasteiger partial charge in [-0.15, -0.1) is 0 Å². The molecule has 17 unspecified atom stereocenters. The molecule has 606 valence electrons. The number of rotatable bonds is 29. The fourth-order valence-electron chi connectivity index (χ4n) is 12.5. The minimum Gasteiger partial charge on any atom is -0.492 e. The molecule has 108 heavy (non-hydrogen) atoms. The van der Waals surface area contributed by atoms with Crippen molar-refractivity contribution in [2.45, 2.75) is 290 Å². The van der Waals surface area contributed by atoms with Crippen LogP contribution in [0.1, 0.15) is 125 Å². The normalized spacial score (nSPS) is 34.9. The van der Waals surface area contributed by atoms with Crippen molar-refractivity contribution in [2.24, 2.45) is 5.92 Å². The molecule has 41 heteroatoms. The van der Waals surface area contributed by atoms with E-state index in [9.17, 15) is 71.9 Å². The Morgan fingerprint density at radius 3 is 1.03 bits per heavy atom. The summed E-state index contributed by atoms with van der Waals surface area (Å²) in [5, 5.41) is 2.64. The highest BCUT2D eigenvalue weighted by molar-refractivity contribution is 5.74. The van der Waals surface area contributed by atoms with E-state index in [2.05, 4.69) is 5.32 Å². The van der Waals surface area contributed by atoms with Crippen LogP contribution in [-0.2, 0) is 190 Å². The van der Waals surface area contributed by atoms with Crippen LogP contribution >= 0.6 is 0 Å². The first-order chi connectivity index (χ1) is 50.6. The van der Waals surface area contributed by atoms with Gasteiger partial charge in [0.25, 0.3) is 0 Å². The Kier molecular flexibility index (Phi) is 32.7. The van der Waals surface area contributed by atoms with E-state index < -0.39 is 287 Å². The standard InChI is InChI=1S/C67H93NO40/c1-25-26(2)89-64(59(98-40(16)81)49(25)92-34(10)75)108-62-57(97-39(15)80)53(94-36(12)77)46(23-87-31(7)72)103-67(62)106-55-48(68-28(4)69)63(101-45(22-86-30(6)71)52(55)105-65-60(99-41(17)82)56(96-38(14)79)50(27(3)90-65)93-35(11)76)107-58-54(95-37(13)78)47(24-88-32(8)73)102-66(61(58)100-42(18)83)104-51-43(91-33(9)74)19-20-84-44(51)21-85-29(5)70/h19-20,25-27,43-67H,21-24H2,1-18H3,(H,68,69)/t25-,26?,27?,43?,44?,45?,46?,47?,48?,49?,50-,51+,52-,53+,54+,55?,56?,57?,58?,59?,60?,61?,62?,63+,64+,65+,66+,67+/m1/s1. The summed E-state index contributed by atoms with van der Waals surface area (Å²) < 4.78 is 152. The summed E-state index contributed by atoms with van der Waals surface area (Å²) in [5.41, 5.74) is 0. The molecule has 41 nitrogen and oxygen atoms in total. The molecule has 0 aromatic carbocycles. The zero-order valence-electron chi connectivity index (χ0n) is 62.5. The summed E-state index contributed by atoms with van der Waals surface area (Å²) in [7, 11) is 0. The number of hydrogen-bond donors (Lipinski definition) is 1. The van der Waals surface area contributed by atoms with Crippen LogP contribution in [0, 0.1) is 5.92 Å². The molecular formula is C67H93NO40. The van der Waals surface area contributed by atoms with Crippen LogP contribution in [0.2, 0.25) is 0 Å². The first-order valence-corrected chi connectivity index (χ1v) is 34.0. The van der Waals surface area contributed by atoms with Crippen LogP contribution in [0.4, 0.5) is 0 Å². The van der Waals surface area contributed by atoms with Gasteiger partial charge in [0, 0.05) is 110 Å². The average Bonchev–Trinajstić information content (AvgIpc) is 0.755. The summed E-state index contributed by atoms with van der Waals surface area (Å²) in [6, 6.07) is -2.17. The molecule has 0 aliphatic carbocycles. The maximum atomic E-state index is 14.4. The average molecular weight is 1550 g/mol. The topological polar surface area (TPSA) is 499 Å². The van der Waals surface area contributed by atoms with Crippen LogP contribution in [0.5, 0.6) is 0 Å². The van der Waals surface area contributed by atoms with E-state index in [1.807, 2.05) is 0 Å². The van der Waals surface area contributed by atoms with Gasteiger partial charge in [-0.2, -0.15) is 0 Å². The first-order valence-electron chi connectivity index (χ1n) is 34.0. The number of hydrogen-bond acceptors (Lipinski definition) is 40. The number of nitrogens with one attached hydrogen (secondary N) is 1. The fraction of sp³-hybridized carbons (Fsp3) is 0.746. The Hall–Kier alpha value is -8.81. The predicted octanol–water partition coefficient (Wildman–Crippen LogP) is -0.801. The molecule has 0 aromatic rings. The van der Waals surface area contributed by atoms with Gasteiger partial charge < -0.3 is 124 Å². The van der Waals surface area contributed by atoms with Crippen molar-refractivity contribution in [3.63, 3.8) is 0 Å². The summed E-state index contributed by atoms with van der Waals surface area (Å²) in [6.45, 7) is 15.7. The van der Waals surface area contributed by atoms with Gasteiger partial charge in [-0.3, -0.25) is 71.9 Å². The molecule has 6 heterocycles. The van der Waals surface area contributed by atoms with Gasteiger partial charge in [0.2, 0.25) is 5.91 Å². The van der Waals surface area contributed by atoms with E-state index in [4.69, 9.17) is 118 Å². The largest absolute Gasteiger partial charge is 0.492 e. The van der Waals surface area contributed by atoms with E-state index in [0.717, 1.165) is 110 Å². The summed E-state index contributed by atoms with van der Waals surface area (Å²) in [6.07, 6.45) is -46.8. The zero-order chi connectivity index (χ0) is 80.5. The lowest BCUT2D eigenvalue weighted by molar-refractivity contribution is -0.398. The van der Waals surface area contributed by atoms with Gasteiger partial charge in [0.15, 0.2) is 98.6 Å². The molecule has 0 saturated carbocycles. The van der Waals surface area contributed by atoms with E-state index >= 15 is 0 Å². The highest BCUT2D eigenvalue weighted by atomic mass is 16.8. The Balaban J connectivity index is 1.73. The molecule has 0 spiro atoms. The van der Waals surface area contributed by atoms with Gasteiger partial charge in [0.05, 0.1) is 18.5 Å². The van der Waals surface area contributed by atoms with Crippen LogP contribution < -0.4 is 5.32 Å². The van der Waals surface area contributed by atoms with Crippen molar-refractivity contribution in [1.29, 1.82) is 0 Å². The molecule has 5 saturated heterocycles. The van der Waals surface area contributed by atoms with Crippen molar-refractivity contribution < 1.29 is 190 Å². The number of ether oxygens (including phenoxy) is 25. The van der Waals surface area contributed by atoms with Gasteiger partial charge in [-0.25, -0.2) is 0 Å². The Morgan fingerprint density at radius 1 is 0.278 bits per heavy atom. The molecule has 6 aliphatic rings. The van der Waals surface area contributed by atoms with E-state index in [-0.39, 0.29) is 0 Å². The molecule has 0 bridgehead atoms. The second-order valence-corrected chi connectivity index (χ2v) is 25.6. The number of esters is 14. The van der Waals surface area contributed by atoms with Crippen LogP contribution in [0.25, 0.3) is 0 Å². The summed E-state index contributed by atoms with van der Waals surface area (Å²) >= 11 is 0. The van der Waals surface area contributed by atoms with Gasteiger partial charge >= 0.3 is 83.6 Å². The molecule has 6 aliphatic heterocycles. The lowest BCUT2D eigenvalue weighted by Gasteiger charge is -2.53. The lowest BCUT2D eigenvalue weighted by atomic mass is 9.90. The molecule has 5 fully saturated rings. The second kappa shape index (κ2) is 40.0. The van der Waals surface area contributed by atoms with Crippen LogP contribution in [0.3, 0.4) is 0 Å². The smallest absolute Gasteiger partial charge is 0.303 e. The highest BCUT2D eigenvalue weighted by Gasteiger charge is 2.63. The maximum absolute atomic E-state index is 14.4. The Labute approximate surface area is 618 Å². The molecule has 1 N–H and O–H groups in total.